The Bertz CT molecular complexity index is 849. The number of aliphatic hydroxyl groups is 1. The highest BCUT2D eigenvalue weighted by Gasteiger charge is 2.42. The molecule has 1 aliphatic rings. The van der Waals surface area contributed by atoms with Crippen LogP contribution in [0.4, 0.5) is 5.95 Å². The second-order valence-electron chi connectivity index (χ2n) is 5.47. The first kappa shape index (κ1) is 17.1. The van der Waals surface area contributed by atoms with Crippen molar-refractivity contribution in [2.24, 2.45) is 0 Å². The first-order valence-corrected chi connectivity index (χ1v) is 8.89. The van der Waals surface area contributed by atoms with Gasteiger partial charge in [0.2, 0.25) is 5.95 Å². The molecule has 3 heterocycles. The van der Waals surface area contributed by atoms with Crippen molar-refractivity contribution in [1.29, 1.82) is 0 Å². The SMILES string of the molecule is Cc1nc(N)nc2c1sc(=O)n2C1OC([C@H](C)O)SC1CC(=O)O. The number of hydrogen-bond acceptors (Lipinski definition) is 9. The average Bonchev–Trinajstić information content (AvgIpc) is 2.99. The number of hydrogen-bond donors (Lipinski definition) is 3. The lowest BCUT2D eigenvalue weighted by atomic mass is 10.2. The third-order valence-electron chi connectivity index (χ3n) is 3.57. The zero-order valence-corrected chi connectivity index (χ0v) is 14.5. The molecule has 0 bridgehead atoms. The number of thioether (sulfide) groups is 1. The van der Waals surface area contributed by atoms with Gasteiger partial charge < -0.3 is 20.7 Å². The number of carboxylic acids is 1. The van der Waals surface area contributed by atoms with E-state index in [4.69, 9.17) is 15.6 Å². The van der Waals surface area contributed by atoms with Crippen molar-refractivity contribution >= 4 is 45.4 Å². The summed E-state index contributed by atoms with van der Waals surface area (Å²) in [4.78, 5) is 31.4. The van der Waals surface area contributed by atoms with Crippen molar-refractivity contribution < 1.29 is 19.7 Å². The largest absolute Gasteiger partial charge is 0.481 e. The van der Waals surface area contributed by atoms with E-state index in [1.165, 1.54) is 16.3 Å². The van der Waals surface area contributed by atoms with Gasteiger partial charge in [-0.15, -0.1) is 11.8 Å². The maximum Gasteiger partial charge on any atom is 0.311 e. The van der Waals surface area contributed by atoms with Crippen LogP contribution >= 0.6 is 23.1 Å². The van der Waals surface area contributed by atoms with Gasteiger partial charge in [0.25, 0.3) is 0 Å². The maximum atomic E-state index is 12.5. The molecule has 0 aliphatic carbocycles. The van der Waals surface area contributed by atoms with E-state index in [1.807, 2.05) is 0 Å². The van der Waals surface area contributed by atoms with E-state index in [0.29, 0.717) is 16.0 Å². The van der Waals surface area contributed by atoms with Gasteiger partial charge in [-0.05, 0) is 13.8 Å². The summed E-state index contributed by atoms with van der Waals surface area (Å²) in [6, 6.07) is 0. The Morgan fingerprint density at radius 1 is 1.50 bits per heavy atom. The number of carboxylic acid groups (broad SMARTS) is 1. The molecule has 9 nitrogen and oxygen atoms in total. The standard InChI is InChI=1S/C13H16N4O5S2/c1-4-8-9(16-12(14)15-4)17(13(21)24-8)10-6(3-7(19)20)23-11(22-10)5(2)18/h5-6,10-11,18H,3H2,1-2H3,(H,19,20)(H2,14,15,16)/t5-,6?,10?,11?/m0/s1. The van der Waals surface area contributed by atoms with E-state index in [2.05, 4.69) is 9.97 Å². The van der Waals surface area contributed by atoms with Gasteiger partial charge in [0.1, 0.15) is 5.44 Å². The van der Waals surface area contributed by atoms with E-state index >= 15 is 0 Å². The van der Waals surface area contributed by atoms with Crippen molar-refractivity contribution in [2.45, 2.75) is 43.3 Å². The van der Waals surface area contributed by atoms with Crippen molar-refractivity contribution in [3.8, 4) is 0 Å². The summed E-state index contributed by atoms with van der Waals surface area (Å²) in [5.41, 5.74) is 5.95. The highest BCUT2D eigenvalue weighted by Crippen LogP contribution is 2.43. The second-order valence-corrected chi connectivity index (χ2v) is 7.77. The molecule has 0 radical (unpaired) electrons. The topological polar surface area (TPSA) is 141 Å². The molecule has 3 rings (SSSR count). The molecule has 2 aromatic heterocycles. The molecule has 1 aliphatic heterocycles. The summed E-state index contributed by atoms with van der Waals surface area (Å²) in [6.45, 7) is 3.27. The van der Waals surface area contributed by atoms with Gasteiger partial charge >= 0.3 is 10.8 Å². The van der Waals surface area contributed by atoms with Crippen molar-refractivity contribution in [2.75, 3.05) is 5.73 Å². The van der Waals surface area contributed by atoms with Crippen LogP contribution in [-0.2, 0) is 9.53 Å². The van der Waals surface area contributed by atoms with Gasteiger partial charge in [0.15, 0.2) is 11.9 Å². The number of anilines is 1. The molecule has 4 N–H and O–H groups in total. The number of fused-ring (bicyclic) bond motifs is 1. The summed E-state index contributed by atoms with van der Waals surface area (Å²) in [6.07, 6.45) is -1.86. The molecular weight excluding hydrogens is 356 g/mol. The Balaban J connectivity index is 2.11. The lowest BCUT2D eigenvalue weighted by Gasteiger charge is -2.18. The number of carbonyl (C=O) groups is 1. The van der Waals surface area contributed by atoms with Crippen LogP contribution in [0, 0.1) is 6.92 Å². The minimum atomic E-state index is -1.01. The van der Waals surface area contributed by atoms with Crippen molar-refractivity contribution in [3.63, 3.8) is 0 Å². The van der Waals surface area contributed by atoms with Gasteiger partial charge in [-0.2, -0.15) is 4.98 Å². The number of aromatic nitrogens is 3. The van der Waals surface area contributed by atoms with Crippen LogP contribution in [0.15, 0.2) is 4.79 Å². The fourth-order valence-corrected chi connectivity index (χ4v) is 4.77. The van der Waals surface area contributed by atoms with Gasteiger partial charge in [0.05, 0.1) is 28.2 Å². The predicted octanol–water partition coefficient (Wildman–Crippen LogP) is 0.556. The normalized spacial score (nSPS) is 25.2. The van der Waals surface area contributed by atoms with E-state index in [0.717, 1.165) is 11.3 Å². The predicted molar refractivity (Wildman–Crippen MR) is 90.0 cm³/mol. The zero-order valence-electron chi connectivity index (χ0n) is 12.9. The van der Waals surface area contributed by atoms with E-state index in [9.17, 15) is 14.7 Å². The minimum absolute atomic E-state index is 0.0269. The molecule has 0 spiro atoms. The van der Waals surface area contributed by atoms with E-state index in [-0.39, 0.29) is 17.2 Å². The lowest BCUT2D eigenvalue weighted by molar-refractivity contribution is -0.138. The molecule has 130 valence electrons. The molecule has 11 heteroatoms. The van der Waals surface area contributed by atoms with Crippen LogP contribution in [0.1, 0.15) is 25.3 Å². The summed E-state index contributed by atoms with van der Waals surface area (Å²) >= 11 is 2.16. The summed E-state index contributed by atoms with van der Waals surface area (Å²) < 4.78 is 7.66. The van der Waals surface area contributed by atoms with Gasteiger partial charge in [-0.25, -0.2) is 4.98 Å². The number of ether oxygens (including phenoxy) is 1. The van der Waals surface area contributed by atoms with Crippen LogP contribution < -0.4 is 10.6 Å². The number of nitrogens with zero attached hydrogens (tertiary/aromatic N) is 3. The van der Waals surface area contributed by atoms with Gasteiger partial charge in [-0.3, -0.25) is 14.2 Å². The Morgan fingerprint density at radius 2 is 2.21 bits per heavy atom. The van der Waals surface area contributed by atoms with Gasteiger partial charge in [-0.1, -0.05) is 11.3 Å². The third kappa shape index (κ3) is 2.99. The number of nitrogen functional groups attached to an aromatic ring is 1. The monoisotopic (exact) mass is 372 g/mol. The number of rotatable bonds is 4. The zero-order chi connectivity index (χ0) is 17.6. The Morgan fingerprint density at radius 3 is 2.83 bits per heavy atom. The molecule has 0 saturated carbocycles. The van der Waals surface area contributed by atoms with Crippen LogP contribution in [0.5, 0.6) is 0 Å². The number of aliphatic carboxylic acids is 1. The fraction of sp³-hybridized carbons (Fsp3) is 0.538. The van der Waals surface area contributed by atoms with E-state index in [1.54, 1.807) is 13.8 Å². The summed E-state index contributed by atoms with van der Waals surface area (Å²) in [7, 11) is 0. The second kappa shape index (κ2) is 6.31. The molecular formula is C13H16N4O5S2. The molecule has 1 saturated heterocycles. The van der Waals surface area contributed by atoms with Gasteiger partial charge in [0, 0.05) is 0 Å². The molecule has 3 unspecified atom stereocenters. The number of aryl methyl sites for hydroxylation is 1. The quantitative estimate of drug-likeness (QED) is 0.701. The van der Waals surface area contributed by atoms with Crippen LogP contribution in [0.2, 0.25) is 0 Å². The first-order valence-electron chi connectivity index (χ1n) is 7.14. The first-order chi connectivity index (χ1) is 11.3. The number of aliphatic hydroxyl groups excluding tert-OH is 1. The number of nitrogens with two attached hydrogens (primary N) is 1. The maximum absolute atomic E-state index is 12.5. The summed E-state index contributed by atoms with van der Waals surface area (Å²) in [5, 5.41) is 18.4. The van der Waals surface area contributed by atoms with Crippen LogP contribution in [0.25, 0.3) is 10.3 Å². The van der Waals surface area contributed by atoms with E-state index < -0.39 is 29.0 Å². The summed E-state index contributed by atoms with van der Waals surface area (Å²) in [5.74, 6) is -0.982. The molecule has 1 fully saturated rings. The smallest absolute Gasteiger partial charge is 0.311 e. The molecule has 4 atom stereocenters. The average molecular weight is 372 g/mol. The highest BCUT2D eigenvalue weighted by atomic mass is 32.2. The third-order valence-corrected chi connectivity index (χ3v) is 6.15. The van der Waals surface area contributed by atoms with Crippen LogP contribution in [-0.4, -0.2) is 47.5 Å². The van der Waals surface area contributed by atoms with Crippen LogP contribution in [0.3, 0.4) is 0 Å². The minimum Gasteiger partial charge on any atom is -0.481 e. The Labute approximate surface area is 144 Å². The fourth-order valence-electron chi connectivity index (χ4n) is 2.57. The molecule has 24 heavy (non-hydrogen) atoms. The molecule has 0 amide bonds. The molecule has 2 aromatic rings. The highest BCUT2D eigenvalue weighted by molar-refractivity contribution is 8.00. The number of thiazole rings is 1. The Kier molecular flexibility index (Phi) is 4.51. The molecule has 0 aromatic carbocycles. The van der Waals surface area contributed by atoms with Crippen molar-refractivity contribution in [1.82, 2.24) is 14.5 Å². The van der Waals surface area contributed by atoms with Crippen molar-refractivity contribution in [3.05, 3.63) is 15.4 Å². The Hall–Kier alpha value is -1.69. The lowest BCUT2D eigenvalue weighted by Crippen LogP contribution is -2.29.